The van der Waals surface area contributed by atoms with Crippen LogP contribution in [-0.2, 0) is 5.92 Å². The van der Waals surface area contributed by atoms with Gasteiger partial charge in [-0.2, -0.15) is 114 Å². The molecule has 3 heterocycles. The molecule has 0 radical (unpaired) electrons. The average molecular weight is 1140 g/mol. The minimum absolute atomic E-state index is 0.00371. The van der Waals surface area contributed by atoms with Crippen molar-refractivity contribution >= 4 is 93.8 Å². The fourth-order valence-electron chi connectivity index (χ4n) is 4.56. The first-order valence-corrected chi connectivity index (χ1v) is 21.4. The van der Waals surface area contributed by atoms with Gasteiger partial charge >= 0.3 is 71.6 Å². The Morgan fingerprint density at radius 3 is 0.868 bits per heavy atom. The van der Waals surface area contributed by atoms with E-state index in [4.69, 9.17) is 0 Å². The van der Waals surface area contributed by atoms with E-state index in [0.717, 1.165) is 29.2 Å². The van der Waals surface area contributed by atoms with Crippen LogP contribution in [0.25, 0.3) is 24.5 Å². The summed E-state index contributed by atoms with van der Waals surface area (Å²) >= 11 is 1.61. The van der Waals surface area contributed by atoms with Gasteiger partial charge in [0.1, 0.15) is 0 Å². The van der Waals surface area contributed by atoms with Gasteiger partial charge in [0.2, 0.25) is 0 Å². The molecule has 0 aliphatic carbocycles. The first-order chi connectivity index (χ1) is 30.1. The second-order valence-corrected chi connectivity index (χ2v) is 19.9. The van der Waals surface area contributed by atoms with Gasteiger partial charge < -0.3 is 0 Å². The molecular weight excluding hydrogens is 1120 g/mol. The monoisotopic (exact) mass is 1140 g/mol. The zero-order valence-electron chi connectivity index (χ0n) is 32.0. The maximum absolute atomic E-state index is 14.7. The second-order valence-electron chi connectivity index (χ2n) is 13.1. The van der Waals surface area contributed by atoms with Gasteiger partial charge in [-0.05, 0) is 36.4 Å². The number of thiophene rings is 3. The third kappa shape index (κ3) is 9.62. The summed E-state index contributed by atoms with van der Waals surface area (Å²) in [6.45, 7) is 20.3. The molecule has 0 N–H and O–H groups in total. The van der Waals surface area contributed by atoms with Crippen molar-refractivity contribution in [3.8, 4) is 0 Å². The number of hydrogen-bond acceptors (Lipinski definition) is 6. The first kappa shape index (κ1) is 59.1. The molecule has 0 aromatic carbocycles. The summed E-state index contributed by atoms with van der Waals surface area (Å²) in [6, 6.07) is 5.49. The van der Waals surface area contributed by atoms with Gasteiger partial charge in [-0.3, -0.25) is 0 Å². The van der Waals surface area contributed by atoms with Crippen LogP contribution in [0.15, 0.2) is 80.8 Å². The summed E-state index contributed by atoms with van der Waals surface area (Å²) in [4.78, 5) is -5.63. The maximum Gasteiger partial charge on any atom is 0.460 e. The lowest BCUT2D eigenvalue weighted by Gasteiger charge is -2.40. The Labute approximate surface area is 388 Å². The molecule has 3 rings (SSSR count). The summed E-state index contributed by atoms with van der Waals surface area (Å²) in [6.07, 6.45) is -15.2. The smallest absolute Gasteiger partial charge is 0.193 e. The Morgan fingerprint density at radius 2 is 0.559 bits per heavy atom. The summed E-state index contributed by atoms with van der Waals surface area (Å²) in [5.74, 6) is -76.3. The minimum atomic E-state index is -8.12. The predicted octanol–water partition coefficient (Wildman–Crippen LogP) is 18.8. The minimum Gasteiger partial charge on any atom is -0.193 e. The van der Waals surface area contributed by atoms with E-state index in [1.807, 2.05) is 0 Å². The molecule has 3 aromatic heterocycles. The maximum atomic E-state index is 14.7. The van der Waals surface area contributed by atoms with Crippen molar-refractivity contribution in [3.63, 3.8) is 0 Å². The van der Waals surface area contributed by atoms with Crippen molar-refractivity contribution < 1.29 is 114 Å². The van der Waals surface area contributed by atoms with E-state index >= 15 is 0 Å². The quantitative estimate of drug-likeness (QED) is 0.0976. The molecule has 0 saturated carbocycles. The zero-order chi connectivity index (χ0) is 53.4. The molecule has 0 aliphatic rings. The average Bonchev–Trinajstić information content (AvgIpc) is 3.98. The topological polar surface area (TPSA) is 0 Å². The number of rotatable bonds is 21. The molecule has 68 heavy (non-hydrogen) atoms. The van der Waals surface area contributed by atoms with Gasteiger partial charge in [-0.25, -0.2) is 0 Å². The van der Waals surface area contributed by atoms with Crippen LogP contribution in [0.4, 0.5) is 114 Å². The SMILES string of the molecule is C=C(SC(=C)c1ccc(C(=C)SC(=C)C(F)(F)C(F)(F)C(F)(F)C(F)(F)C(F)(F)C(F)(F)F)s1)c1ccc(C(=C)SC(=C)c2ccc(C(F)(F)C(F)(F)C(F)(F)C(F)(F)C(F)(F)C(F)(F)F)s2)s1. The van der Waals surface area contributed by atoms with Gasteiger partial charge in [0.05, 0.1) is 9.78 Å². The van der Waals surface area contributed by atoms with Crippen molar-refractivity contribution in [2.75, 3.05) is 0 Å². The van der Waals surface area contributed by atoms with Crippen molar-refractivity contribution in [2.45, 2.75) is 71.6 Å². The highest BCUT2D eigenvalue weighted by Crippen LogP contribution is 2.65. The van der Waals surface area contributed by atoms with Gasteiger partial charge in [-0.1, -0.05) is 74.8 Å². The Morgan fingerprint density at radius 1 is 0.309 bits per heavy atom. The number of hydrogen-bond donors (Lipinski definition) is 0. The van der Waals surface area contributed by atoms with Crippen LogP contribution in [0.3, 0.4) is 0 Å². The Balaban J connectivity index is 1.71. The molecule has 0 saturated heterocycles. The van der Waals surface area contributed by atoms with Gasteiger partial charge in [0.15, 0.2) is 0 Å². The van der Waals surface area contributed by atoms with Crippen molar-refractivity contribution in [3.05, 3.63) is 110 Å². The van der Waals surface area contributed by atoms with Crippen LogP contribution in [0, 0.1) is 0 Å². The molecule has 0 spiro atoms. The molecule has 0 amide bonds. The number of thioether (sulfide) groups is 3. The normalized spacial score (nSPS) is 14.6. The van der Waals surface area contributed by atoms with Crippen LogP contribution in [0.2, 0.25) is 0 Å². The first-order valence-electron chi connectivity index (χ1n) is 16.5. The van der Waals surface area contributed by atoms with Gasteiger partial charge in [-0.15, -0.1) is 34.0 Å². The fourth-order valence-corrected chi connectivity index (χ4v) is 10.2. The summed E-state index contributed by atoms with van der Waals surface area (Å²) < 4.78 is 354. The van der Waals surface area contributed by atoms with E-state index in [0.29, 0.717) is 34.0 Å². The number of alkyl halides is 26. The van der Waals surface area contributed by atoms with E-state index < -0.39 is 114 Å². The molecule has 0 bridgehead atoms. The van der Waals surface area contributed by atoms with E-state index in [9.17, 15) is 114 Å². The van der Waals surface area contributed by atoms with E-state index in [2.05, 4.69) is 39.5 Å². The molecule has 0 atom stereocenters. The lowest BCUT2D eigenvalue weighted by molar-refractivity contribution is -0.441. The van der Waals surface area contributed by atoms with Crippen molar-refractivity contribution in [2.24, 2.45) is 0 Å². The van der Waals surface area contributed by atoms with Crippen molar-refractivity contribution in [1.29, 1.82) is 0 Å². The van der Waals surface area contributed by atoms with Crippen LogP contribution < -0.4 is 0 Å². The third-order valence-electron chi connectivity index (χ3n) is 8.46. The Hall–Kier alpha value is -3.23. The lowest BCUT2D eigenvalue weighted by Crippen LogP contribution is -2.70. The predicted molar refractivity (Wildman–Crippen MR) is 211 cm³/mol. The second kappa shape index (κ2) is 18.4. The van der Waals surface area contributed by atoms with E-state index in [-0.39, 0.29) is 40.3 Å². The summed E-state index contributed by atoms with van der Waals surface area (Å²) in [5.41, 5.74) is 0. The van der Waals surface area contributed by atoms with Crippen LogP contribution in [-0.4, -0.2) is 65.7 Å². The molecule has 32 heteroatoms. The highest BCUT2D eigenvalue weighted by molar-refractivity contribution is 8.17. The lowest BCUT2D eigenvalue weighted by atomic mass is 9.93. The van der Waals surface area contributed by atoms with E-state index in [1.165, 1.54) is 18.2 Å². The Bertz CT molecular complexity index is 2460. The van der Waals surface area contributed by atoms with Crippen LogP contribution in [0.1, 0.15) is 29.3 Å². The Kier molecular flexibility index (Phi) is 16.0. The van der Waals surface area contributed by atoms with E-state index in [1.54, 1.807) is 0 Å². The standard InChI is InChI=1S/C36H18F26S6/c1-13(63-14(2)21-9-10-22(67-21)17(5)65-18(6)25(37,38)27(41,42)29(45,46)31(49,50)33(53,54)35(57,58)59)19-7-8-20(66-19)15(3)64-16(4)23-11-12-24(68-23)26(39,40)28(43,44)30(47,48)32(51,52)34(55,56)36(60,61)62/h7-12H,1-6H2. The molecule has 0 fully saturated rings. The highest BCUT2D eigenvalue weighted by Gasteiger charge is 2.92. The molecular formula is C36H18F26S6. The molecule has 380 valence electrons. The molecule has 3 aromatic rings. The number of allylic oxidation sites excluding steroid dienone is 1. The van der Waals surface area contributed by atoms with Crippen LogP contribution in [0.5, 0.6) is 0 Å². The highest BCUT2D eigenvalue weighted by atomic mass is 32.2. The largest absolute Gasteiger partial charge is 0.460 e. The molecule has 0 aliphatic heterocycles. The van der Waals surface area contributed by atoms with Crippen molar-refractivity contribution in [1.82, 2.24) is 0 Å². The number of halogens is 26. The molecule has 0 nitrogen and oxygen atoms in total. The fraction of sp³-hybridized carbons (Fsp3) is 0.333. The van der Waals surface area contributed by atoms with Gasteiger partial charge in [0.25, 0.3) is 0 Å². The summed E-state index contributed by atoms with van der Waals surface area (Å²) in [5, 5.41) is 0. The summed E-state index contributed by atoms with van der Waals surface area (Å²) in [7, 11) is 0. The van der Waals surface area contributed by atoms with Gasteiger partial charge in [0, 0.05) is 48.9 Å². The zero-order valence-corrected chi connectivity index (χ0v) is 36.9. The van der Waals surface area contributed by atoms with Crippen LogP contribution >= 0.6 is 69.3 Å². The molecule has 0 unspecified atom stereocenters. The third-order valence-corrected chi connectivity index (χ3v) is 15.6.